The van der Waals surface area contributed by atoms with Crippen LogP contribution in [0.25, 0.3) is 10.2 Å². The molecule has 0 spiro atoms. The second kappa shape index (κ2) is 8.93. The normalized spacial score (nSPS) is 11.4. The minimum absolute atomic E-state index is 0.168. The number of esters is 1. The van der Waals surface area contributed by atoms with Gasteiger partial charge in [0.25, 0.3) is 0 Å². The van der Waals surface area contributed by atoms with E-state index in [0.717, 1.165) is 22.6 Å². The van der Waals surface area contributed by atoms with Crippen LogP contribution in [0.3, 0.4) is 0 Å². The van der Waals surface area contributed by atoms with E-state index in [9.17, 15) is 18.0 Å². The Morgan fingerprint density at radius 1 is 1.17 bits per heavy atom. The van der Waals surface area contributed by atoms with Crippen molar-refractivity contribution in [3.05, 3.63) is 52.5 Å². The Balaban J connectivity index is 1.88. The molecule has 0 aliphatic heterocycles. The van der Waals surface area contributed by atoms with Gasteiger partial charge in [-0.15, -0.1) is 11.3 Å². The van der Waals surface area contributed by atoms with Crippen molar-refractivity contribution in [3.8, 4) is 0 Å². The zero-order valence-electron chi connectivity index (χ0n) is 16.9. The number of thiophene rings is 1. The Labute approximate surface area is 179 Å². The van der Waals surface area contributed by atoms with Gasteiger partial charge in [0.2, 0.25) is 5.91 Å². The predicted octanol–water partition coefficient (Wildman–Crippen LogP) is 3.89. The highest BCUT2D eigenvalue weighted by Crippen LogP contribution is 2.37. The van der Waals surface area contributed by atoms with Crippen molar-refractivity contribution in [1.29, 1.82) is 0 Å². The molecule has 9 heteroatoms. The zero-order chi connectivity index (χ0) is 21.9. The molecule has 1 amide bonds. The summed E-state index contributed by atoms with van der Waals surface area (Å²) in [7, 11) is -3.59. The van der Waals surface area contributed by atoms with E-state index in [1.165, 1.54) is 12.1 Å². The van der Waals surface area contributed by atoms with Crippen molar-refractivity contribution in [2.75, 3.05) is 17.7 Å². The summed E-state index contributed by atoms with van der Waals surface area (Å²) >= 11 is 1.14. The summed E-state index contributed by atoms with van der Waals surface area (Å²) in [6.45, 7) is 5.61. The second-order valence-corrected chi connectivity index (χ2v) is 9.83. The van der Waals surface area contributed by atoms with E-state index in [0.29, 0.717) is 15.9 Å². The van der Waals surface area contributed by atoms with Crippen molar-refractivity contribution in [3.63, 3.8) is 0 Å². The first-order valence-corrected chi connectivity index (χ1v) is 11.9. The van der Waals surface area contributed by atoms with Crippen LogP contribution in [0.1, 0.15) is 34.3 Å². The molecule has 0 aliphatic rings. The number of carbonyl (C=O) groups excluding carboxylic acids is 2. The number of anilines is 1. The van der Waals surface area contributed by atoms with E-state index in [1.54, 1.807) is 25.1 Å². The summed E-state index contributed by atoms with van der Waals surface area (Å²) < 4.78 is 30.0. The number of sulfone groups is 1. The van der Waals surface area contributed by atoms with Gasteiger partial charge in [-0.3, -0.25) is 4.79 Å². The molecular formula is C21H22N2O5S2. The smallest absolute Gasteiger partial charge is 0.350 e. The molecule has 0 aliphatic carbocycles. The lowest BCUT2D eigenvalue weighted by Crippen LogP contribution is -2.18. The predicted molar refractivity (Wildman–Crippen MR) is 117 cm³/mol. The molecule has 1 N–H and O–H groups in total. The number of carbonyl (C=O) groups is 2. The molecule has 0 radical (unpaired) electrons. The fourth-order valence-electron chi connectivity index (χ4n) is 3.08. The first-order valence-electron chi connectivity index (χ1n) is 9.38. The molecule has 0 bridgehead atoms. The fourth-order valence-corrected chi connectivity index (χ4v) is 5.48. The highest BCUT2D eigenvalue weighted by atomic mass is 32.2. The molecule has 2 aromatic heterocycles. The van der Waals surface area contributed by atoms with Gasteiger partial charge in [0.05, 0.1) is 22.9 Å². The molecule has 30 heavy (non-hydrogen) atoms. The number of aromatic nitrogens is 1. The molecule has 0 saturated heterocycles. The number of ether oxygens (including phenoxy) is 1. The Bertz CT molecular complexity index is 1200. The molecule has 0 unspecified atom stereocenters. The number of hydrogen-bond acceptors (Lipinski definition) is 7. The number of rotatable bonds is 7. The van der Waals surface area contributed by atoms with Gasteiger partial charge in [0.15, 0.2) is 9.84 Å². The third kappa shape index (κ3) is 4.68. The largest absolute Gasteiger partial charge is 0.462 e. The Kier molecular flexibility index (Phi) is 6.52. The molecule has 0 fully saturated rings. The minimum atomic E-state index is -3.59. The summed E-state index contributed by atoms with van der Waals surface area (Å²) in [4.78, 5) is 30.5. The van der Waals surface area contributed by atoms with E-state index in [1.807, 2.05) is 19.9 Å². The summed E-state index contributed by atoms with van der Waals surface area (Å²) in [5.74, 6) is -1.39. The lowest BCUT2D eigenvalue weighted by atomic mass is 10.1. The molecule has 2 heterocycles. The summed E-state index contributed by atoms with van der Waals surface area (Å²) in [5, 5.41) is 3.38. The van der Waals surface area contributed by atoms with Crippen molar-refractivity contribution in [1.82, 2.24) is 4.98 Å². The molecule has 3 rings (SSSR count). The van der Waals surface area contributed by atoms with Gasteiger partial charge in [-0.25, -0.2) is 18.2 Å². The van der Waals surface area contributed by atoms with E-state index in [2.05, 4.69) is 10.3 Å². The maximum Gasteiger partial charge on any atom is 0.350 e. The molecule has 0 saturated carbocycles. The Morgan fingerprint density at radius 3 is 2.53 bits per heavy atom. The SMILES string of the molecule is CCOC(=O)c1sc2nc(C)cc(C)c2c1NC(=O)CCS(=O)(=O)c1ccccc1. The van der Waals surface area contributed by atoms with Gasteiger partial charge < -0.3 is 10.1 Å². The van der Waals surface area contributed by atoms with Crippen LogP contribution in [0.5, 0.6) is 0 Å². The summed E-state index contributed by atoms with van der Waals surface area (Å²) in [5.41, 5.74) is 1.97. The first-order chi connectivity index (χ1) is 14.2. The number of pyridine rings is 1. The van der Waals surface area contributed by atoms with Gasteiger partial charge in [-0.1, -0.05) is 18.2 Å². The van der Waals surface area contributed by atoms with Crippen LogP contribution in [0.15, 0.2) is 41.3 Å². The molecule has 1 aromatic carbocycles. The number of hydrogen-bond donors (Lipinski definition) is 1. The van der Waals surface area contributed by atoms with E-state index in [4.69, 9.17) is 4.74 Å². The van der Waals surface area contributed by atoms with Crippen LogP contribution in [0, 0.1) is 13.8 Å². The quantitative estimate of drug-likeness (QED) is 0.553. The van der Waals surface area contributed by atoms with Crippen LogP contribution in [0.4, 0.5) is 5.69 Å². The average molecular weight is 447 g/mol. The second-order valence-electron chi connectivity index (χ2n) is 6.72. The van der Waals surface area contributed by atoms with Gasteiger partial charge >= 0.3 is 5.97 Å². The maximum atomic E-state index is 12.6. The van der Waals surface area contributed by atoms with Gasteiger partial charge in [-0.2, -0.15) is 0 Å². The van der Waals surface area contributed by atoms with Crippen molar-refractivity contribution < 1.29 is 22.7 Å². The molecule has 7 nitrogen and oxygen atoms in total. The van der Waals surface area contributed by atoms with Gasteiger partial charge in [0, 0.05) is 17.5 Å². The van der Waals surface area contributed by atoms with Crippen LogP contribution in [0.2, 0.25) is 0 Å². The Morgan fingerprint density at radius 2 is 1.87 bits per heavy atom. The molecule has 3 aromatic rings. The lowest BCUT2D eigenvalue weighted by Gasteiger charge is -2.09. The van der Waals surface area contributed by atoms with E-state index < -0.39 is 21.7 Å². The molecule has 158 valence electrons. The maximum absolute atomic E-state index is 12.6. The number of amides is 1. The Hall–Kier alpha value is -2.78. The molecular weight excluding hydrogens is 424 g/mol. The number of benzene rings is 1. The van der Waals surface area contributed by atoms with Crippen molar-refractivity contribution in [2.45, 2.75) is 32.1 Å². The highest BCUT2D eigenvalue weighted by molar-refractivity contribution is 7.91. The minimum Gasteiger partial charge on any atom is -0.462 e. The number of aryl methyl sites for hydroxylation is 2. The van der Waals surface area contributed by atoms with Crippen LogP contribution < -0.4 is 5.32 Å². The van der Waals surface area contributed by atoms with Crippen LogP contribution >= 0.6 is 11.3 Å². The third-order valence-corrected chi connectivity index (χ3v) is 7.21. The summed E-state index contributed by atoms with van der Waals surface area (Å²) in [6.07, 6.45) is -0.241. The summed E-state index contributed by atoms with van der Waals surface area (Å²) in [6, 6.07) is 9.84. The van der Waals surface area contributed by atoms with Crippen LogP contribution in [-0.2, 0) is 19.4 Å². The molecule has 0 atom stereocenters. The highest BCUT2D eigenvalue weighted by Gasteiger charge is 2.24. The van der Waals surface area contributed by atoms with E-state index >= 15 is 0 Å². The standard InChI is InChI=1S/C21H22N2O5S2/c1-4-28-21(25)19-18(17-13(2)12-14(3)22-20(17)29-19)23-16(24)10-11-30(26,27)15-8-6-5-7-9-15/h5-9,12H,4,10-11H2,1-3H3,(H,23,24). The average Bonchev–Trinajstić information content (AvgIpc) is 3.06. The van der Waals surface area contributed by atoms with Crippen molar-refractivity contribution in [2.24, 2.45) is 0 Å². The van der Waals surface area contributed by atoms with E-state index in [-0.39, 0.29) is 28.6 Å². The fraction of sp³-hybridized carbons (Fsp3) is 0.286. The lowest BCUT2D eigenvalue weighted by molar-refractivity contribution is -0.115. The zero-order valence-corrected chi connectivity index (χ0v) is 18.5. The first kappa shape index (κ1) is 21.9. The number of fused-ring (bicyclic) bond motifs is 1. The topological polar surface area (TPSA) is 102 Å². The number of nitrogens with one attached hydrogen (secondary N) is 1. The third-order valence-electron chi connectivity index (χ3n) is 4.41. The van der Waals surface area contributed by atoms with Crippen LogP contribution in [-0.4, -0.2) is 37.6 Å². The monoisotopic (exact) mass is 446 g/mol. The van der Waals surface area contributed by atoms with Crippen molar-refractivity contribution >= 4 is 49.0 Å². The number of nitrogens with zero attached hydrogens (tertiary/aromatic N) is 1. The van der Waals surface area contributed by atoms with Gasteiger partial charge in [-0.05, 0) is 44.5 Å². The van der Waals surface area contributed by atoms with Gasteiger partial charge in [0.1, 0.15) is 9.71 Å².